The summed E-state index contributed by atoms with van der Waals surface area (Å²) in [7, 11) is 1.60. The van der Waals surface area contributed by atoms with Gasteiger partial charge in [0.2, 0.25) is 0 Å². The fourth-order valence-corrected chi connectivity index (χ4v) is 2.98. The maximum Gasteiger partial charge on any atom is 0.282 e. The van der Waals surface area contributed by atoms with Crippen molar-refractivity contribution >= 4 is 28.7 Å². The number of ether oxygens (including phenoxy) is 1. The van der Waals surface area contributed by atoms with Gasteiger partial charge in [0.1, 0.15) is 17.1 Å². The monoisotopic (exact) mass is 328 g/mol. The summed E-state index contributed by atoms with van der Waals surface area (Å²) in [5.41, 5.74) is 3.54. The summed E-state index contributed by atoms with van der Waals surface area (Å²) < 4.78 is 5.36. The summed E-state index contributed by atoms with van der Waals surface area (Å²) in [4.78, 5) is 19.4. The smallest absolute Gasteiger partial charge is 0.282 e. The standard InChI is InChI=1S/C21H16N2O2/c1-25-19-14-8-6-12-17(19)22-20-16-11-5-7-13-18(16)23(21(20)24)15-9-3-2-4-10-15/h2-14H,1H3/b22-20-. The number of carbonyl (C=O) groups excluding carboxylic acids is 1. The predicted octanol–water partition coefficient (Wildman–Crippen LogP) is 4.49. The van der Waals surface area contributed by atoms with Crippen LogP contribution in [-0.4, -0.2) is 18.7 Å². The number of rotatable bonds is 3. The van der Waals surface area contributed by atoms with Gasteiger partial charge in [-0.05, 0) is 30.3 Å². The molecule has 0 aliphatic carbocycles. The van der Waals surface area contributed by atoms with Crippen molar-refractivity contribution in [2.24, 2.45) is 4.99 Å². The first kappa shape index (κ1) is 15.1. The van der Waals surface area contributed by atoms with E-state index in [9.17, 15) is 4.79 Å². The molecule has 1 amide bonds. The minimum atomic E-state index is -0.140. The van der Waals surface area contributed by atoms with E-state index in [1.807, 2.05) is 78.9 Å². The number of fused-ring (bicyclic) bond motifs is 1. The van der Waals surface area contributed by atoms with Crippen LogP contribution >= 0.6 is 0 Å². The first-order valence-electron chi connectivity index (χ1n) is 8.00. The van der Waals surface area contributed by atoms with Gasteiger partial charge in [-0.2, -0.15) is 0 Å². The molecule has 1 aliphatic heterocycles. The molecule has 0 atom stereocenters. The Hall–Kier alpha value is -3.40. The van der Waals surface area contributed by atoms with Crippen molar-refractivity contribution in [1.29, 1.82) is 0 Å². The molecule has 3 aromatic carbocycles. The lowest BCUT2D eigenvalue weighted by Gasteiger charge is -2.16. The van der Waals surface area contributed by atoms with Gasteiger partial charge in [-0.25, -0.2) is 4.99 Å². The Morgan fingerprint density at radius 1 is 0.840 bits per heavy atom. The molecule has 0 saturated carbocycles. The molecule has 3 aromatic rings. The summed E-state index contributed by atoms with van der Waals surface area (Å²) in [6.07, 6.45) is 0. The highest BCUT2D eigenvalue weighted by molar-refractivity contribution is 6.56. The van der Waals surface area contributed by atoms with Crippen LogP contribution in [0.5, 0.6) is 5.75 Å². The van der Waals surface area contributed by atoms with E-state index in [0.717, 1.165) is 16.9 Å². The maximum absolute atomic E-state index is 13.1. The van der Waals surface area contributed by atoms with E-state index in [4.69, 9.17) is 4.74 Å². The van der Waals surface area contributed by atoms with Crippen molar-refractivity contribution in [3.05, 3.63) is 84.4 Å². The molecule has 4 rings (SSSR count). The van der Waals surface area contributed by atoms with Crippen LogP contribution in [0.1, 0.15) is 5.56 Å². The summed E-state index contributed by atoms with van der Waals surface area (Å²) in [5.74, 6) is 0.497. The Balaban J connectivity index is 1.88. The zero-order chi connectivity index (χ0) is 17.2. The summed E-state index contributed by atoms with van der Waals surface area (Å²) in [6, 6.07) is 24.7. The van der Waals surface area contributed by atoms with Gasteiger partial charge in [-0.15, -0.1) is 0 Å². The lowest BCUT2D eigenvalue weighted by Crippen LogP contribution is -2.25. The van der Waals surface area contributed by atoms with E-state index in [0.29, 0.717) is 17.1 Å². The predicted molar refractivity (Wildman–Crippen MR) is 99.2 cm³/mol. The quantitative estimate of drug-likeness (QED) is 0.710. The van der Waals surface area contributed by atoms with Gasteiger partial charge < -0.3 is 4.74 Å². The third-order valence-corrected chi connectivity index (χ3v) is 4.14. The molecule has 25 heavy (non-hydrogen) atoms. The van der Waals surface area contributed by atoms with Gasteiger partial charge in [0.05, 0.1) is 12.8 Å². The number of methoxy groups -OCH3 is 1. The van der Waals surface area contributed by atoms with Gasteiger partial charge >= 0.3 is 0 Å². The van der Waals surface area contributed by atoms with Crippen molar-refractivity contribution in [3.8, 4) is 5.75 Å². The maximum atomic E-state index is 13.1. The summed E-state index contributed by atoms with van der Waals surface area (Å²) >= 11 is 0. The lowest BCUT2D eigenvalue weighted by molar-refractivity contribution is -0.111. The van der Waals surface area contributed by atoms with Crippen LogP contribution in [0.15, 0.2) is 83.9 Å². The topological polar surface area (TPSA) is 41.9 Å². The fourth-order valence-electron chi connectivity index (χ4n) is 2.98. The van der Waals surface area contributed by atoms with Crippen molar-refractivity contribution < 1.29 is 9.53 Å². The first-order chi connectivity index (χ1) is 12.3. The first-order valence-corrected chi connectivity index (χ1v) is 8.00. The van der Waals surface area contributed by atoms with Crippen molar-refractivity contribution in [3.63, 3.8) is 0 Å². The normalized spacial score (nSPS) is 14.7. The molecule has 1 heterocycles. The molecule has 0 N–H and O–H groups in total. The molecular formula is C21H16N2O2. The van der Waals surface area contributed by atoms with Crippen LogP contribution in [0.3, 0.4) is 0 Å². The highest BCUT2D eigenvalue weighted by Gasteiger charge is 2.34. The van der Waals surface area contributed by atoms with Gasteiger partial charge in [-0.3, -0.25) is 9.69 Å². The number of nitrogens with zero attached hydrogens (tertiary/aromatic N) is 2. The van der Waals surface area contributed by atoms with Crippen molar-refractivity contribution in [2.75, 3.05) is 12.0 Å². The highest BCUT2D eigenvalue weighted by Crippen LogP contribution is 2.37. The van der Waals surface area contributed by atoms with Crippen LogP contribution in [0, 0.1) is 0 Å². The molecule has 0 spiro atoms. The average Bonchev–Trinajstić information content (AvgIpc) is 2.95. The number of para-hydroxylation sites is 4. The zero-order valence-corrected chi connectivity index (χ0v) is 13.7. The highest BCUT2D eigenvalue weighted by atomic mass is 16.5. The molecular weight excluding hydrogens is 312 g/mol. The van der Waals surface area contributed by atoms with E-state index in [-0.39, 0.29) is 5.91 Å². The molecule has 122 valence electrons. The molecule has 0 unspecified atom stereocenters. The number of hydrogen-bond acceptors (Lipinski definition) is 3. The molecule has 0 aromatic heterocycles. The largest absolute Gasteiger partial charge is 0.494 e. The van der Waals surface area contributed by atoms with Crippen LogP contribution in [-0.2, 0) is 4.79 Å². The Kier molecular flexibility index (Phi) is 3.78. The van der Waals surface area contributed by atoms with Gasteiger partial charge in [0.15, 0.2) is 0 Å². The number of aliphatic imine (C=N–C) groups is 1. The van der Waals surface area contributed by atoms with Crippen LogP contribution in [0.4, 0.5) is 17.1 Å². The molecule has 1 aliphatic rings. The Labute approximate surface area is 146 Å². The number of benzene rings is 3. The van der Waals surface area contributed by atoms with E-state index >= 15 is 0 Å². The number of hydrogen-bond donors (Lipinski definition) is 0. The summed E-state index contributed by atoms with van der Waals surface area (Å²) in [6.45, 7) is 0. The number of amides is 1. The fraction of sp³-hybridized carbons (Fsp3) is 0.0476. The van der Waals surface area contributed by atoms with E-state index in [1.54, 1.807) is 12.0 Å². The molecule has 4 heteroatoms. The van der Waals surface area contributed by atoms with Gasteiger partial charge in [0.25, 0.3) is 5.91 Å². The lowest BCUT2D eigenvalue weighted by atomic mass is 10.1. The van der Waals surface area contributed by atoms with Crippen LogP contribution in [0.2, 0.25) is 0 Å². The second-order valence-corrected chi connectivity index (χ2v) is 5.63. The second-order valence-electron chi connectivity index (χ2n) is 5.63. The zero-order valence-electron chi connectivity index (χ0n) is 13.7. The second kappa shape index (κ2) is 6.24. The SMILES string of the molecule is COc1ccccc1/N=C1\C(=O)N(c2ccccc2)c2ccccc21. The third-order valence-electron chi connectivity index (χ3n) is 4.14. The van der Waals surface area contributed by atoms with Crippen molar-refractivity contribution in [2.45, 2.75) is 0 Å². The van der Waals surface area contributed by atoms with E-state index in [2.05, 4.69) is 4.99 Å². The van der Waals surface area contributed by atoms with Gasteiger partial charge in [-0.1, -0.05) is 48.5 Å². The number of carbonyl (C=O) groups is 1. The van der Waals surface area contributed by atoms with Crippen LogP contribution in [0.25, 0.3) is 0 Å². The Morgan fingerprint density at radius 3 is 2.32 bits per heavy atom. The minimum Gasteiger partial charge on any atom is -0.494 e. The average molecular weight is 328 g/mol. The van der Waals surface area contributed by atoms with Crippen LogP contribution < -0.4 is 9.64 Å². The molecule has 0 fully saturated rings. The minimum absolute atomic E-state index is 0.140. The van der Waals surface area contributed by atoms with E-state index < -0.39 is 0 Å². The molecule has 4 nitrogen and oxygen atoms in total. The Bertz CT molecular complexity index is 964. The molecule has 0 bridgehead atoms. The Morgan fingerprint density at radius 2 is 1.52 bits per heavy atom. The molecule has 0 saturated heterocycles. The molecule has 0 radical (unpaired) electrons. The van der Waals surface area contributed by atoms with E-state index in [1.165, 1.54) is 0 Å². The third kappa shape index (κ3) is 2.58. The van der Waals surface area contributed by atoms with Crippen molar-refractivity contribution in [1.82, 2.24) is 0 Å². The van der Waals surface area contributed by atoms with Gasteiger partial charge in [0, 0.05) is 11.3 Å². The summed E-state index contributed by atoms with van der Waals surface area (Å²) in [5, 5.41) is 0. The number of anilines is 2.